The Morgan fingerprint density at radius 3 is 2.62 bits per heavy atom. The van der Waals surface area contributed by atoms with Gasteiger partial charge in [-0.25, -0.2) is 4.39 Å². The number of nitrogens with zero attached hydrogens (tertiary/aromatic N) is 1. The first-order valence-electron chi connectivity index (χ1n) is 6.92. The van der Waals surface area contributed by atoms with E-state index in [1.54, 1.807) is 19.2 Å². The van der Waals surface area contributed by atoms with Crippen LogP contribution >= 0.6 is 0 Å². The predicted octanol–water partition coefficient (Wildman–Crippen LogP) is 3.48. The zero-order valence-electron chi connectivity index (χ0n) is 12.6. The van der Waals surface area contributed by atoms with Crippen LogP contribution in [0.5, 0.6) is 5.75 Å². The summed E-state index contributed by atoms with van der Waals surface area (Å²) in [4.78, 5) is 1.92. The highest BCUT2D eigenvalue weighted by Crippen LogP contribution is 2.25. The minimum atomic E-state index is -0.302. The number of rotatable bonds is 5. The Bertz CT molecular complexity index is 615. The SMILES string of the molecule is COc1ccccc1CC(C)N(C)c1ccc(N)cc1F. The van der Waals surface area contributed by atoms with Gasteiger partial charge in [-0.1, -0.05) is 18.2 Å². The first-order valence-corrected chi connectivity index (χ1v) is 6.92. The second-order valence-corrected chi connectivity index (χ2v) is 5.19. The van der Waals surface area contributed by atoms with E-state index in [0.29, 0.717) is 11.4 Å². The van der Waals surface area contributed by atoms with E-state index in [-0.39, 0.29) is 11.9 Å². The van der Waals surface area contributed by atoms with Gasteiger partial charge in [0.2, 0.25) is 0 Å². The molecule has 0 aliphatic carbocycles. The monoisotopic (exact) mass is 288 g/mol. The number of nitrogens with two attached hydrogens (primary N) is 1. The molecule has 0 aliphatic heterocycles. The summed E-state index contributed by atoms with van der Waals surface area (Å²) in [7, 11) is 3.54. The summed E-state index contributed by atoms with van der Waals surface area (Å²) in [5.74, 6) is 0.555. The summed E-state index contributed by atoms with van der Waals surface area (Å²) in [6.07, 6.45) is 0.768. The molecule has 1 atom stereocenters. The summed E-state index contributed by atoms with van der Waals surface area (Å²) < 4.78 is 19.4. The van der Waals surface area contributed by atoms with Gasteiger partial charge in [-0.05, 0) is 43.2 Å². The lowest BCUT2D eigenvalue weighted by Gasteiger charge is -2.28. The Morgan fingerprint density at radius 1 is 1.24 bits per heavy atom. The van der Waals surface area contributed by atoms with Gasteiger partial charge in [-0.2, -0.15) is 0 Å². The van der Waals surface area contributed by atoms with Gasteiger partial charge in [0, 0.05) is 18.8 Å². The molecule has 0 amide bonds. The Hall–Kier alpha value is -2.23. The molecule has 0 saturated carbocycles. The normalized spacial score (nSPS) is 12.0. The maximum atomic E-state index is 14.0. The van der Waals surface area contributed by atoms with Crippen molar-refractivity contribution < 1.29 is 9.13 Å². The predicted molar refractivity (Wildman–Crippen MR) is 85.4 cm³/mol. The van der Waals surface area contributed by atoms with Crippen molar-refractivity contribution in [3.63, 3.8) is 0 Å². The van der Waals surface area contributed by atoms with Crippen molar-refractivity contribution in [3.05, 3.63) is 53.8 Å². The molecule has 21 heavy (non-hydrogen) atoms. The van der Waals surface area contributed by atoms with E-state index in [9.17, 15) is 4.39 Å². The lowest BCUT2D eigenvalue weighted by Crippen LogP contribution is -2.31. The molecule has 1 unspecified atom stereocenters. The average Bonchev–Trinajstić information content (AvgIpc) is 2.47. The molecule has 0 heterocycles. The fraction of sp³-hybridized carbons (Fsp3) is 0.294. The standard InChI is InChI=1S/C17H21FN2O/c1-12(10-13-6-4-5-7-17(13)21-3)20(2)16-9-8-14(19)11-15(16)18/h4-9,11-12H,10,19H2,1-3H3. The van der Waals surface area contributed by atoms with Gasteiger partial charge in [0.25, 0.3) is 0 Å². The molecule has 2 N–H and O–H groups in total. The van der Waals surface area contributed by atoms with E-state index in [1.807, 2.05) is 36.2 Å². The van der Waals surface area contributed by atoms with Crippen molar-refractivity contribution in [2.45, 2.75) is 19.4 Å². The minimum absolute atomic E-state index is 0.124. The smallest absolute Gasteiger partial charge is 0.148 e. The van der Waals surface area contributed by atoms with Crippen LogP contribution < -0.4 is 15.4 Å². The Kier molecular flexibility index (Phi) is 4.68. The summed E-state index contributed by atoms with van der Waals surface area (Å²) in [6, 6.07) is 12.8. The van der Waals surface area contributed by atoms with E-state index < -0.39 is 0 Å². The van der Waals surface area contributed by atoms with Gasteiger partial charge in [-0.3, -0.25) is 0 Å². The number of benzene rings is 2. The van der Waals surface area contributed by atoms with E-state index in [2.05, 4.69) is 6.92 Å². The van der Waals surface area contributed by atoms with Crippen molar-refractivity contribution >= 4 is 11.4 Å². The Morgan fingerprint density at radius 2 is 1.95 bits per heavy atom. The maximum absolute atomic E-state index is 14.0. The van der Waals surface area contributed by atoms with Gasteiger partial charge < -0.3 is 15.4 Å². The molecule has 3 nitrogen and oxygen atoms in total. The van der Waals surface area contributed by atoms with Crippen molar-refractivity contribution in [1.29, 1.82) is 0 Å². The molecule has 0 aliphatic rings. The lowest BCUT2D eigenvalue weighted by atomic mass is 10.0. The fourth-order valence-electron chi connectivity index (χ4n) is 2.37. The lowest BCUT2D eigenvalue weighted by molar-refractivity contribution is 0.408. The number of ether oxygens (including phenoxy) is 1. The van der Waals surface area contributed by atoms with E-state index in [0.717, 1.165) is 17.7 Å². The van der Waals surface area contributed by atoms with E-state index in [4.69, 9.17) is 10.5 Å². The summed E-state index contributed by atoms with van der Waals surface area (Å²) in [6.45, 7) is 2.06. The van der Waals surface area contributed by atoms with Crippen LogP contribution in [0, 0.1) is 5.82 Å². The van der Waals surface area contributed by atoms with Crippen LogP contribution in [0.4, 0.5) is 15.8 Å². The molecule has 112 valence electrons. The molecule has 0 aromatic heterocycles. The zero-order chi connectivity index (χ0) is 15.4. The van der Waals surface area contributed by atoms with E-state index in [1.165, 1.54) is 6.07 Å². The second kappa shape index (κ2) is 6.48. The third-order valence-corrected chi connectivity index (χ3v) is 3.72. The molecule has 4 heteroatoms. The van der Waals surface area contributed by atoms with Crippen LogP contribution in [0.1, 0.15) is 12.5 Å². The first kappa shape index (κ1) is 15.2. The third kappa shape index (κ3) is 3.45. The maximum Gasteiger partial charge on any atom is 0.148 e. The highest BCUT2D eigenvalue weighted by Gasteiger charge is 2.16. The van der Waals surface area contributed by atoms with Gasteiger partial charge >= 0.3 is 0 Å². The number of hydrogen-bond acceptors (Lipinski definition) is 3. The second-order valence-electron chi connectivity index (χ2n) is 5.19. The van der Waals surface area contributed by atoms with Crippen molar-refractivity contribution in [3.8, 4) is 5.75 Å². The largest absolute Gasteiger partial charge is 0.496 e. The highest BCUT2D eigenvalue weighted by molar-refractivity contribution is 5.54. The van der Waals surface area contributed by atoms with Crippen LogP contribution in [0.25, 0.3) is 0 Å². The molecule has 2 aromatic carbocycles. The number of nitrogen functional groups attached to an aromatic ring is 1. The molecule has 0 fully saturated rings. The molecule has 0 saturated heterocycles. The van der Waals surface area contributed by atoms with E-state index >= 15 is 0 Å². The topological polar surface area (TPSA) is 38.5 Å². The number of likely N-dealkylation sites (N-methyl/N-ethyl adjacent to an activating group) is 1. The first-order chi connectivity index (χ1) is 10.0. The van der Waals surface area contributed by atoms with Crippen LogP contribution in [-0.2, 0) is 6.42 Å². The number of methoxy groups -OCH3 is 1. The quantitative estimate of drug-likeness (QED) is 0.856. The third-order valence-electron chi connectivity index (χ3n) is 3.72. The summed E-state index contributed by atoms with van der Waals surface area (Å²) in [5, 5.41) is 0. The van der Waals surface area contributed by atoms with Crippen molar-refractivity contribution in [1.82, 2.24) is 0 Å². The van der Waals surface area contributed by atoms with Crippen LogP contribution in [0.15, 0.2) is 42.5 Å². The molecule has 2 rings (SSSR count). The Balaban J connectivity index is 2.17. The zero-order valence-corrected chi connectivity index (χ0v) is 12.6. The van der Waals surface area contributed by atoms with Crippen LogP contribution in [0.2, 0.25) is 0 Å². The van der Waals surface area contributed by atoms with Crippen LogP contribution in [0.3, 0.4) is 0 Å². The molecule has 0 bridgehead atoms. The van der Waals surface area contributed by atoms with Gasteiger partial charge in [0.1, 0.15) is 11.6 Å². The van der Waals surface area contributed by atoms with Gasteiger partial charge in [0.15, 0.2) is 0 Å². The molecule has 2 aromatic rings. The average molecular weight is 288 g/mol. The van der Waals surface area contributed by atoms with Gasteiger partial charge in [-0.15, -0.1) is 0 Å². The summed E-state index contributed by atoms with van der Waals surface area (Å²) in [5.41, 5.74) is 7.68. The number of halogens is 1. The Labute approximate surface area is 125 Å². The number of hydrogen-bond donors (Lipinski definition) is 1. The fourth-order valence-corrected chi connectivity index (χ4v) is 2.37. The van der Waals surface area contributed by atoms with Gasteiger partial charge in [0.05, 0.1) is 12.8 Å². The highest BCUT2D eigenvalue weighted by atomic mass is 19.1. The molecule has 0 spiro atoms. The molecular formula is C17H21FN2O. The minimum Gasteiger partial charge on any atom is -0.496 e. The number of para-hydroxylation sites is 1. The molecule has 0 radical (unpaired) electrons. The number of anilines is 2. The summed E-state index contributed by atoms with van der Waals surface area (Å²) >= 11 is 0. The molecular weight excluding hydrogens is 267 g/mol. The van der Waals surface area contributed by atoms with Crippen molar-refractivity contribution in [2.75, 3.05) is 24.8 Å². The van der Waals surface area contributed by atoms with Crippen LogP contribution in [-0.4, -0.2) is 20.2 Å². The van der Waals surface area contributed by atoms with Crippen molar-refractivity contribution in [2.24, 2.45) is 0 Å².